The minimum Gasteiger partial charge on any atom is -0.490 e. The molecule has 9 nitrogen and oxygen atoms in total. The van der Waals surface area contributed by atoms with E-state index in [1.165, 1.54) is 15.7 Å². The largest absolute Gasteiger partial charge is 0.490 e. The Bertz CT molecular complexity index is 1490. The van der Waals surface area contributed by atoms with Crippen LogP contribution in [0.3, 0.4) is 0 Å². The summed E-state index contributed by atoms with van der Waals surface area (Å²) in [6, 6.07) is 7.43. The summed E-state index contributed by atoms with van der Waals surface area (Å²) in [5, 5.41) is 6.24. The van der Waals surface area contributed by atoms with Crippen LogP contribution in [0.5, 0.6) is 5.75 Å². The van der Waals surface area contributed by atoms with Crippen LogP contribution in [0.15, 0.2) is 39.2 Å². The Morgan fingerprint density at radius 2 is 2.06 bits per heavy atom. The summed E-state index contributed by atoms with van der Waals surface area (Å²) in [6.45, 7) is 7.12. The van der Waals surface area contributed by atoms with Gasteiger partial charge in [0.2, 0.25) is 11.7 Å². The third-order valence-corrected chi connectivity index (χ3v) is 6.77. The first kappa shape index (κ1) is 21.4. The first-order valence-corrected chi connectivity index (χ1v) is 11.9. The lowest BCUT2D eigenvalue weighted by Crippen LogP contribution is -2.41. The molecule has 1 aromatic carbocycles. The van der Waals surface area contributed by atoms with Crippen molar-refractivity contribution in [1.29, 1.82) is 0 Å². The summed E-state index contributed by atoms with van der Waals surface area (Å²) in [7, 11) is 0. The van der Waals surface area contributed by atoms with Gasteiger partial charge in [0, 0.05) is 6.54 Å². The molecule has 0 atom stereocenters. The number of amides is 1. The monoisotopic (exact) mass is 467 g/mol. The van der Waals surface area contributed by atoms with Gasteiger partial charge < -0.3 is 9.64 Å². The molecule has 0 N–H and O–H groups in total. The summed E-state index contributed by atoms with van der Waals surface area (Å²) in [6.07, 6.45) is 0.774. The lowest BCUT2D eigenvalue weighted by atomic mass is 10.1. The highest BCUT2D eigenvalue weighted by Gasteiger charge is 2.26. The van der Waals surface area contributed by atoms with E-state index in [0.29, 0.717) is 47.3 Å². The molecule has 1 aliphatic rings. The number of anilines is 1. The molecule has 0 radical (unpaired) electrons. The average molecular weight is 468 g/mol. The number of ether oxygens (including phenoxy) is 1. The zero-order valence-electron chi connectivity index (χ0n) is 18.8. The van der Waals surface area contributed by atoms with Gasteiger partial charge in [-0.15, -0.1) is 16.4 Å². The molecule has 0 aliphatic carbocycles. The number of benzene rings is 1. The number of aromatic nitrogens is 4. The predicted molar refractivity (Wildman–Crippen MR) is 128 cm³/mol. The third-order valence-electron chi connectivity index (χ3n) is 5.88. The Morgan fingerprint density at radius 3 is 2.85 bits per heavy atom. The van der Waals surface area contributed by atoms with Gasteiger partial charge in [0.1, 0.15) is 23.6 Å². The van der Waals surface area contributed by atoms with E-state index in [4.69, 9.17) is 4.74 Å². The van der Waals surface area contributed by atoms with Crippen molar-refractivity contribution >= 4 is 38.9 Å². The van der Waals surface area contributed by atoms with Crippen LogP contribution in [-0.2, 0) is 17.9 Å². The molecule has 0 bridgehead atoms. The van der Waals surface area contributed by atoms with Crippen LogP contribution in [0.1, 0.15) is 25.8 Å². The number of thiophene rings is 1. The van der Waals surface area contributed by atoms with Crippen LogP contribution in [0.2, 0.25) is 0 Å². The fraction of sp³-hybridized carbons (Fsp3) is 0.391. The number of carbonyl (C=O) groups excluding carboxylic acids is 1. The minimum atomic E-state index is -0.433. The zero-order valence-corrected chi connectivity index (χ0v) is 19.6. The smallest absolute Gasteiger partial charge is 0.352 e. The van der Waals surface area contributed by atoms with Crippen molar-refractivity contribution in [3.63, 3.8) is 0 Å². The fourth-order valence-electron chi connectivity index (χ4n) is 4.13. The van der Waals surface area contributed by atoms with E-state index in [-0.39, 0.29) is 23.8 Å². The van der Waals surface area contributed by atoms with Crippen LogP contribution in [0.4, 0.5) is 5.69 Å². The molecule has 0 unspecified atom stereocenters. The molecule has 0 spiro atoms. The minimum absolute atomic E-state index is 0.158. The average Bonchev–Trinajstić information content (AvgIpc) is 3.38. The Labute approximate surface area is 193 Å². The summed E-state index contributed by atoms with van der Waals surface area (Å²) >= 11 is 1.31. The van der Waals surface area contributed by atoms with E-state index < -0.39 is 5.69 Å². The van der Waals surface area contributed by atoms with Crippen molar-refractivity contribution in [2.24, 2.45) is 5.92 Å². The maximum Gasteiger partial charge on any atom is 0.352 e. The van der Waals surface area contributed by atoms with Crippen LogP contribution < -0.4 is 20.9 Å². The van der Waals surface area contributed by atoms with Gasteiger partial charge in [0.05, 0.1) is 17.7 Å². The van der Waals surface area contributed by atoms with Crippen molar-refractivity contribution in [1.82, 2.24) is 18.7 Å². The van der Waals surface area contributed by atoms with Crippen LogP contribution in [-0.4, -0.2) is 37.8 Å². The first-order valence-electron chi connectivity index (χ1n) is 11.0. The highest BCUT2D eigenvalue weighted by molar-refractivity contribution is 7.17. The van der Waals surface area contributed by atoms with Gasteiger partial charge in [-0.3, -0.25) is 14.2 Å². The normalized spacial score (nSPS) is 13.6. The van der Waals surface area contributed by atoms with Gasteiger partial charge in [-0.05, 0) is 48.4 Å². The van der Waals surface area contributed by atoms with Gasteiger partial charge in [-0.2, -0.15) is 0 Å². The number of hydrogen-bond donors (Lipinski definition) is 0. The molecule has 1 amide bonds. The number of nitrogens with zero attached hydrogens (tertiary/aromatic N) is 5. The fourth-order valence-corrected chi connectivity index (χ4v) is 4.95. The molecule has 0 saturated carbocycles. The van der Waals surface area contributed by atoms with Crippen LogP contribution in [0.25, 0.3) is 16.0 Å². The molecule has 3 aromatic heterocycles. The Morgan fingerprint density at radius 1 is 1.24 bits per heavy atom. The molecule has 4 aromatic rings. The molecule has 33 heavy (non-hydrogen) atoms. The van der Waals surface area contributed by atoms with E-state index in [1.807, 2.05) is 25.1 Å². The van der Waals surface area contributed by atoms with Crippen LogP contribution in [0, 0.1) is 12.8 Å². The summed E-state index contributed by atoms with van der Waals surface area (Å²) in [5.41, 5.74) is 1.64. The van der Waals surface area contributed by atoms with Gasteiger partial charge >= 0.3 is 5.69 Å². The quantitative estimate of drug-likeness (QED) is 0.450. The molecule has 0 fully saturated rings. The first-order chi connectivity index (χ1) is 15.8. The molecule has 4 heterocycles. The molecule has 5 rings (SSSR count). The Balaban J connectivity index is 1.58. The zero-order chi connectivity index (χ0) is 23.3. The molecule has 172 valence electrons. The van der Waals surface area contributed by atoms with Gasteiger partial charge in [0.25, 0.3) is 5.56 Å². The SMILES string of the molecule is Cc1ccc2c(c1)N(C(=O)Cn1nc3n(CCC(C)C)c(=O)c4sccc4n3c1=O)CCO2. The maximum absolute atomic E-state index is 13.3. The van der Waals surface area contributed by atoms with Crippen molar-refractivity contribution < 1.29 is 9.53 Å². The predicted octanol–water partition coefficient (Wildman–Crippen LogP) is 2.65. The Kier molecular flexibility index (Phi) is 5.32. The van der Waals surface area contributed by atoms with Crippen LogP contribution >= 0.6 is 11.3 Å². The second-order valence-electron chi connectivity index (χ2n) is 8.71. The molecular formula is C23H25N5O4S. The summed E-state index contributed by atoms with van der Waals surface area (Å²) in [5.74, 6) is 1.04. The lowest BCUT2D eigenvalue weighted by molar-refractivity contribution is -0.119. The van der Waals surface area contributed by atoms with Crippen molar-refractivity contribution in [3.05, 3.63) is 56.0 Å². The second-order valence-corrected chi connectivity index (χ2v) is 9.63. The maximum atomic E-state index is 13.3. The molecular weight excluding hydrogens is 442 g/mol. The van der Waals surface area contributed by atoms with Crippen molar-refractivity contribution in [2.75, 3.05) is 18.1 Å². The van der Waals surface area contributed by atoms with Crippen molar-refractivity contribution in [3.8, 4) is 5.75 Å². The number of rotatable bonds is 5. The van der Waals surface area contributed by atoms with E-state index in [0.717, 1.165) is 16.7 Å². The van der Waals surface area contributed by atoms with Gasteiger partial charge in [-0.25, -0.2) is 13.9 Å². The topological polar surface area (TPSA) is 90.8 Å². The standard InChI is InChI=1S/C23H25N5O4S/c1-14(2)6-8-26-21(30)20-16(7-11-33-20)28-22(26)24-27(23(28)31)13-19(29)25-9-10-32-18-5-4-15(3)12-17(18)25/h4-5,7,11-12,14H,6,8-10,13H2,1-3H3. The Hall–Kier alpha value is -3.40. The number of hydrogen-bond acceptors (Lipinski definition) is 6. The number of fused-ring (bicyclic) bond motifs is 4. The van der Waals surface area contributed by atoms with E-state index in [2.05, 4.69) is 18.9 Å². The lowest BCUT2D eigenvalue weighted by Gasteiger charge is -2.29. The van der Waals surface area contributed by atoms with E-state index in [9.17, 15) is 14.4 Å². The molecule has 1 aliphatic heterocycles. The van der Waals surface area contributed by atoms with E-state index in [1.54, 1.807) is 20.9 Å². The van der Waals surface area contributed by atoms with Crippen molar-refractivity contribution in [2.45, 2.75) is 40.3 Å². The molecule has 0 saturated heterocycles. The van der Waals surface area contributed by atoms with Gasteiger partial charge in [-0.1, -0.05) is 19.9 Å². The van der Waals surface area contributed by atoms with Gasteiger partial charge in [0.15, 0.2) is 0 Å². The highest BCUT2D eigenvalue weighted by Crippen LogP contribution is 2.32. The highest BCUT2D eigenvalue weighted by atomic mass is 32.1. The van der Waals surface area contributed by atoms with E-state index >= 15 is 0 Å². The summed E-state index contributed by atoms with van der Waals surface area (Å²) < 4.78 is 10.3. The molecule has 10 heteroatoms. The number of aryl methyl sites for hydroxylation is 2. The number of carbonyl (C=O) groups is 1. The second kappa shape index (κ2) is 8.18. The third kappa shape index (κ3) is 3.64. The summed E-state index contributed by atoms with van der Waals surface area (Å²) in [4.78, 5) is 41.3.